The smallest absolute Gasteiger partial charge is 0.308 e. The number of carboxylic acids is 1. The molecule has 106 valence electrons. The number of hydrogen-bond acceptors (Lipinski definition) is 3. The zero-order valence-corrected chi connectivity index (χ0v) is 12.0. The van der Waals surface area contributed by atoms with Crippen molar-refractivity contribution in [2.24, 2.45) is 5.92 Å². The van der Waals surface area contributed by atoms with E-state index in [2.05, 4.69) is 4.90 Å². The molecule has 0 spiro atoms. The van der Waals surface area contributed by atoms with Gasteiger partial charge in [0.05, 0.1) is 5.92 Å². The summed E-state index contributed by atoms with van der Waals surface area (Å²) in [4.78, 5) is 26.5. The zero-order chi connectivity index (χ0) is 14.1. The highest BCUT2D eigenvalue weighted by Crippen LogP contribution is 2.05. The summed E-state index contributed by atoms with van der Waals surface area (Å²) >= 11 is 0. The van der Waals surface area contributed by atoms with Gasteiger partial charge in [0, 0.05) is 19.5 Å². The Hall–Kier alpha value is -1.10. The van der Waals surface area contributed by atoms with Crippen molar-refractivity contribution in [3.05, 3.63) is 0 Å². The Morgan fingerprint density at radius 2 is 1.83 bits per heavy atom. The number of carbonyl (C=O) groups is 2. The highest BCUT2D eigenvalue weighted by atomic mass is 16.4. The number of nitrogens with zero attached hydrogens (tertiary/aromatic N) is 2. The van der Waals surface area contributed by atoms with Crippen LogP contribution in [-0.2, 0) is 9.59 Å². The van der Waals surface area contributed by atoms with Gasteiger partial charge in [0.1, 0.15) is 0 Å². The van der Waals surface area contributed by atoms with E-state index in [0.29, 0.717) is 19.5 Å². The van der Waals surface area contributed by atoms with E-state index in [9.17, 15) is 9.59 Å². The van der Waals surface area contributed by atoms with Crippen molar-refractivity contribution >= 4 is 11.9 Å². The molecule has 1 unspecified atom stereocenters. The molecular weight excluding hydrogens is 232 g/mol. The molecule has 0 saturated heterocycles. The third-order valence-electron chi connectivity index (χ3n) is 2.77. The number of rotatable bonds is 9. The Morgan fingerprint density at radius 1 is 1.22 bits per heavy atom. The predicted octanol–water partition coefficient (Wildman–Crippen LogP) is 1.29. The first-order valence-corrected chi connectivity index (χ1v) is 6.53. The van der Waals surface area contributed by atoms with Crippen molar-refractivity contribution in [2.45, 2.75) is 33.1 Å². The molecule has 0 aliphatic carbocycles. The summed E-state index contributed by atoms with van der Waals surface area (Å²) in [5.41, 5.74) is 0. The first kappa shape index (κ1) is 16.9. The van der Waals surface area contributed by atoms with Crippen LogP contribution < -0.4 is 0 Å². The van der Waals surface area contributed by atoms with Crippen LogP contribution in [0.5, 0.6) is 0 Å². The van der Waals surface area contributed by atoms with E-state index in [0.717, 1.165) is 19.4 Å². The van der Waals surface area contributed by atoms with Crippen LogP contribution in [0.2, 0.25) is 0 Å². The molecule has 0 aromatic carbocycles. The Balaban J connectivity index is 4.33. The molecule has 0 fully saturated rings. The van der Waals surface area contributed by atoms with Crippen LogP contribution in [0, 0.1) is 5.92 Å². The fourth-order valence-corrected chi connectivity index (χ4v) is 1.68. The lowest BCUT2D eigenvalue weighted by molar-refractivity contribution is -0.143. The summed E-state index contributed by atoms with van der Waals surface area (Å²) in [5, 5.41) is 8.91. The van der Waals surface area contributed by atoms with Crippen molar-refractivity contribution in [1.82, 2.24) is 9.80 Å². The Labute approximate surface area is 110 Å². The third-order valence-corrected chi connectivity index (χ3v) is 2.77. The molecular formula is C13H26N2O3. The Bertz CT molecular complexity index is 267. The molecule has 1 N–H and O–H groups in total. The maximum atomic E-state index is 11.9. The van der Waals surface area contributed by atoms with Crippen molar-refractivity contribution in [3.63, 3.8) is 0 Å². The quantitative estimate of drug-likeness (QED) is 0.677. The second-order valence-electron chi connectivity index (χ2n) is 4.99. The SMILES string of the molecule is CCCC(=O)N(CCCN(C)C)CC(C)C(=O)O. The fourth-order valence-electron chi connectivity index (χ4n) is 1.68. The van der Waals surface area contributed by atoms with Gasteiger partial charge < -0.3 is 14.9 Å². The monoisotopic (exact) mass is 258 g/mol. The fraction of sp³-hybridized carbons (Fsp3) is 0.846. The average molecular weight is 258 g/mol. The van der Waals surface area contributed by atoms with Crippen LogP contribution in [0.1, 0.15) is 33.1 Å². The van der Waals surface area contributed by atoms with E-state index in [1.165, 1.54) is 0 Å². The van der Waals surface area contributed by atoms with Crippen molar-refractivity contribution < 1.29 is 14.7 Å². The van der Waals surface area contributed by atoms with Crippen LogP contribution in [0.25, 0.3) is 0 Å². The summed E-state index contributed by atoms with van der Waals surface area (Å²) in [7, 11) is 3.97. The molecule has 0 heterocycles. The van der Waals surface area contributed by atoms with Gasteiger partial charge in [-0.1, -0.05) is 13.8 Å². The van der Waals surface area contributed by atoms with E-state index in [-0.39, 0.29) is 5.91 Å². The molecule has 18 heavy (non-hydrogen) atoms. The topological polar surface area (TPSA) is 60.9 Å². The summed E-state index contributed by atoms with van der Waals surface area (Å²) in [6, 6.07) is 0. The van der Waals surface area contributed by atoms with Crippen molar-refractivity contribution in [2.75, 3.05) is 33.7 Å². The third kappa shape index (κ3) is 7.27. The maximum absolute atomic E-state index is 11.9. The molecule has 0 saturated carbocycles. The standard InChI is InChI=1S/C13H26N2O3/c1-5-7-12(16)15(9-6-8-14(3)4)10-11(2)13(17)18/h11H,5-10H2,1-4H3,(H,17,18). The van der Waals surface area contributed by atoms with E-state index in [4.69, 9.17) is 5.11 Å². The van der Waals surface area contributed by atoms with Gasteiger partial charge in [-0.15, -0.1) is 0 Å². The number of amides is 1. The molecule has 0 aromatic heterocycles. The summed E-state index contributed by atoms with van der Waals surface area (Å²) < 4.78 is 0. The molecule has 5 nitrogen and oxygen atoms in total. The molecule has 0 aromatic rings. The van der Waals surface area contributed by atoms with Gasteiger partial charge >= 0.3 is 5.97 Å². The highest BCUT2D eigenvalue weighted by Gasteiger charge is 2.19. The molecule has 5 heteroatoms. The van der Waals surface area contributed by atoms with E-state index in [1.54, 1.807) is 11.8 Å². The molecule has 1 atom stereocenters. The zero-order valence-electron chi connectivity index (χ0n) is 12.0. The van der Waals surface area contributed by atoms with E-state index < -0.39 is 11.9 Å². The van der Waals surface area contributed by atoms with E-state index in [1.807, 2.05) is 21.0 Å². The van der Waals surface area contributed by atoms with Gasteiger partial charge in [-0.2, -0.15) is 0 Å². The molecule has 0 aliphatic rings. The number of carboxylic acid groups (broad SMARTS) is 1. The molecule has 0 rings (SSSR count). The minimum Gasteiger partial charge on any atom is -0.481 e. The average Bonchev–Trinajstić information content (AvgIpc) is 2.27. The van der Waals surface area contributed by atoms with Gasteiger partial charge in [-0.3, -0.25) is 9.59 Å². The van der Waals surface area contributed by atoms with E-state index >= 15 is 0 Å². The second-order valence-corrected chi connectivity index (χ2v) is 4.99. The lowest BCUT2D eigenvalue weighted by Crippen LogP contribution is -2.38. The van der Waals surface area contributed by atoms with Gasteiger partial charge in [0.15, 0.2) is 0 Å². The molecule has 0 radical (unpaired) electrons. The van der Waals surface area contributed by atoms with Crippen molar-refractivity contribution in [1.29, 1.82) is 0 Å². The van der Waals surface area contributed by atoms with Crippen LogP contribution in [-0.4, -0.2) is 60.5 Å². The summed E-state index contributed by atoms with van der Waals surface area (Å²) in [6.45, 7) is 5.44. The molecule has 1 amide bonds. The van der Waals surface area contributed by atoms with Gasteiger partial charge in [-0.25, -0.2) is 0 Å². The Morgan fingerprint density at radius 3 is 2.28 bits per heavy atom. The maximum Gasteiger partial charge on any atom is 0.308 e. The van der Waals surface area contributed by atoms with Crippen LogP contribution in [0.3, 0.4) is 0 Å². The summed E-state index contributed by atoms with van der Waals surface area (Å²) in [6.07, 6.45) is 2.16. The van der Waals surface area contributed by atoms with Crippen LogP contribution in [0.15, 0.2) is 0 Å². The van der Waals surface area contributed by atoms with Gasteiger partial charge in [0.25, 0.3) is 0 Å². The number of hydrogen-bond donors (Lipinski definition) is 1. The number of carbonyl (C=O) groups excluding carboxylic acids is 1. The first-order valence-electron chi connectivity index (χ1n) is 6.53. The van der Waals surface area contributed by atoms with Gasteiger partial charge in [0.2, 0.25) is 5.91 Å². The first-order chi connectivity index (χ1) is 8.38. The normalized spacial score (nSPS) is 12.5. The largest absolute Gasteiger partial charge is 0.481 e. The van der Waals surface area contributed by atoms with Crippen molar-refractivity contribution in [3.8, 4) is 0 Å². The minimum atomic E-state index is -0.850. The lowest BCUT2D eigenvalue weighted by Gasteiger charge is -2.25. The predicted molar refractivity (Wildman–Crippen MR) is 71.5 cm³/mol. The van der Waals surface area contributed by atoms with Crippen LogP contribution in [0.4, 0.5) is 0 Å². The van der Waals surface area contributed by atoms with Crippen LogP contribution >= 0.6 is 0 Å². The second kappa shape index (κ2) is 8.91. The molecule has 0 bridgehead atoms. The number of aliphatic carboxylic acids is 1. The molecule has 0 aliphatic heterocycles. The lowest BCUT2D eigenvalue weighted by atomic mass is 10.1. The van der Waals surface area contributed by atoms with Gasteiger partial charge in [-0.05, 0) is 33.5 Å². The minimum absolute atomic E-state index is 0.0596. The summed E-state index contributed by atoms with van der Waals surface area (Å²) in [5.74, 6) is -1.30. The Kier molecular flexibility index (Phi) is 8.37. The highest BCUT2D eigenvalue weighted by molar-refractivity contribution is 5.77.